The van der Waals surface area contributed by atoms with E-state index in [4.69, 9.17) is 16.0 Å². The van der Waals surface area contributed by atoms with Crippen molar-refractivity contribution in [2.24, 2.45) is 0 Å². The van der Waals surface area contributed by atoms with Crippen LogP contribution in [-0.4, -0.2) is 4.98 Å². The number of oxazole rings is 1. The van der Waals surface area contributed by atoms with Crippen LogP contribution in [0.4, 0.5) is 0 Å². The molecule has 0 aliphatic heterocycles. The number of hydrogen-bond donors (Lipinski definition) is 0. The lowest BCUT2D eigenvalue weighted by Gasteiger charge is -1.94. The summed E-state index contributed by atoms with van der Waals surface area (Å²) in [4.78, 5) is 4.38. The SMILES string of the molecule is Clc1cccc(-c2nc3cc[c]cc3o2)c1. The summed E-state index contributed by atoms with van der Waals surface area (Å²) in [5.41, 5.74) is 2.44. The molecule has 3 aromatic rings. The molecule has 0 atom stereocenters. The van der Waals surface area contributed by atoms with Gasteiger partial charge in [0.05, 0.1) is 0 Å². The van der Waals surface area contributed by atoms with Crippen LogP contribution in [0.1, 0.15) is 0 Å². The minimum atomic E-state index is 0.581. The Morgan fingerprint density at radius 3 is 3.00 bits per heavy atom. The molecule has 3 heteroatoms. The van der Waals surface area contributed by atoms with Crippen molar-refractivity contribution in [3.05, 3.63) is 53.6 Å². The molecule has 0 unspecified atom stereocenters. The summed E-state index contributed by atoms with van der Waals surface area (Å²) in [7, 11) is 0. The zero-order chi connectivity index (χ0) is 11.0. The molecule has 1 radical (unpaired) electrons. The lowest BCUT2D eigenvalue weighted by Crippen LogP contribution is -1.75. The number of aromatic nitrogens is 1. The summed E-state index contributed by atoms with van der Waals surface area (Å²) in [6.45, 7) is 0. The van der Waals surface area contributed by atoms with E-state index in [1.807, 2.05) is 36.4 Å². The van der Waals surface area contributed by atoms with Crippen molar-refractivity contribution in [1.82, 2.24) is 4.98 Å². The van der Waals surface area contributed by atoms with Crippen molar-refractivity contribution in [3.8, 4) is 11.5 Å². The predicted molar refractivity (Wildman–Crippen MR) is 63.3 cm³/mol. The molecule has 2 aromatic carbocycles. The maximum Gasteiger partial charge on any atom is 0.227 e. The number of rotatable bonds is 1. The average Bonchev–Trinajstić information content (AvgIpc) is 2.72. The third kappa shape index (κ3) is 1.57. The topological polar surface area (TPSA) is 26.0 Å². The Bertz CT molecular complexity index is 612. The predicted octanol–water partition coefficient (Wildman–Crippen LogP) is 3.95. The van der Waals surface area contributed by atoms with Crippen LogP contribution in [0, 0.1) is 6.07 Å². The maximum atomic E-state index is 5.92. The van der Waals surface area contributed by atoms with Gasteiger partial charge >= 0.3 is 0 Å². The Morgan fingerprint density at radius 1 is 1.25 bits per heavy atom. The molecule has 0 saturated carbocycles. The van der Waals surface area contributed by atoms with Crippen LogP contribution in [0.25, 0.3) is 22.6 Å². The first-order valence-electron chi connectivity index (χ1n) is 4.85. The third-order valence-corrected chi connectivity index (χ3v) is 2.54. The molecule has 3 rings (SSSR count). The van der Waals surface area contributed by atoms with E-state index < -0.39 is 0 Å². The van der Waals surface area contributed by atoms with Crippen molar-refractivity contribution >= 4 is 22.7 Å². The highest BCUT2D eigenvalue weighted by Gasteiger charge is 2.07. The summed E-state index contributed by atoms with van der Waals surface area (Å²) in [5.74, 6) is 0.581. The summed E-state index contributed by atoms with van der Waals surface area (Å²) >= 11 is 5.92. The fourth-order valence-corrected chi connectivity index (χ4v) is 1.75. The smallest absolute Gasteiger partial charge is 0.227 e. The van der Waals surface area contributed by atoms with E-state index in [-0.39, 0.29) is 0 Å². The fourth-order valence-electron chi connectivity index (χ4n) is 1.56. The van der Waals surface area contributed by atoms with Crippen LogP contribution in [0.3, 0.4) is 0 Å². The Kier molecular flexibility index (Phi) is 2.15. The Balaban J connectivity index is 2.19. The van der Waals surface area contributed by atoms with Gasteiger partial charge in [-0.15, -0.1) is 0 Å². The van der Waals surface area contributed by atoms with Gasteiger partial charge in [0, 0.05) is 10.6 Å². The van der Waals surface area contributed by atoms with Gasteiger partial charge in [0.2, 0.25) is 5.89 Å². The lowest BCUT2D eigenvalue weighted by atomic mass is 10.2. The maximum absolute atomic E-state index is 5.92. The second kappa shape index (κ2) is 3.65. The molecule has 16 heavy (non-hydrogen) atoms. The highest BCUT2D eigenvalue weighted by atomic mass is 35.5. The molecule has 1 heterocycles. The molecule has 1 aromatic heterocycles. The van der Waals surface area contributed by atoms with E-state index in [0.29, 0.717) is 10.9 Å². The molecule has 0 fully saturated rings. The van der Waals surface area contributed by atoms with Gasteiger partial charge in [-0.1, -0.05) is 23.7 Å². The lowest BCUT2D eigenvalue weighted by molar-refractivity contribution is 0.620. The van der Waals surface area contributed by atoms with Gasteiger partial charge in [0.1, 0.15) is 5.52 Å². The van der Waals surface area contributed by atoms with Gasteiger partial charge in [-0.25, -0.2) is 4.98 Å². The largest absolute Gasteiger partial charge is 0.436 e. The number of fused-ring (bicyclic) bond motifs is 1. The highest BCUT2D eigenvalue weighted by molar-refractivity contribution is 6.30. The quantitative estimate of drug-likeness (QED) is 0.630. The molecule has 0 amide bonds. The Labute approximate surface area is 97.5 Å². The van der Waals surface area contributed by atoms with Crippen molar-refractivity contribution in [2.45, 2.75) is 0 Å². The summed E-state index contributed by atoms with van der Waals surface area (Å²) < 4.78 is 5.61. The van der Waals surface area contributed by atoms with Gasteiger partial charge in [0.15, 0.2) is 5.58 Å². The van der Waals surface area contributed by atoms with E-state index in [0.717, 1.165) is 16.7 Å². The average molecular weight is 229 g/mol. The number of hydrogen-bond acceptors (Lipinski definition) is 2. The molecule has 77 valence electrons. The minimum Gasteiger partial charge on any atom is -0.436 e. The second-order valence-electron chi connectivity index (χ2n) is 3.42. The number of nitrogens with zero attached hydrogens (tertiary/aromatic N) is 1. The molecular formula is C13H7ClNO. The van der Waals surface area contributed by atoms with Gasteiger partial charge in [-0.3, -0.25) is 0 Å². The van der Waals surface area contributed by atoms with Gasteiger partial charge in [-0.2, -0.15) is 0 Å². The normalized spacial score (nSPS) is 10.8. The Hall–Kier alpha value is -1.80. The molecule has 0 spiro atoms. The second-order valence-corrected chi connectivity index (χ2v) is 3.86. The summed E-state index contributed by atoms with van der Waals surface area (Å²) in [6.07, 6.45) is 0. The molecule has 0 aliphatic carbocycles. The first kappa shape index (κ1) is 9.43. The number of benzene rings is 2. The first-order chi connectivity index (χ1) is 7.83. The third-order valence-electron chi connectivity index (χ3n) is 2.30. The van der Waals surface area contributed by atoms with E-state index in [1.54, 1.807) is 6.07 Å². The van der Waals surface area contributed by atoms with Crippen molar-refractivity contribution in [3.63, 3.8) is 0 Å². The van der Waals surface area contributed by atoms with Crippen LogP contribution in [0.5, 0.6) is 0 Å². The van der Waals surface area contributed by atoms with Gasteiger partial charge in [-0.05, 0) is 36.4 Å². The fraction of sp³-hybridized carbons (Fsp3) is 0. The molecular weight excluding hydrogens is 222 g/mol. The van der Waals surface area contributed by atoms with Crippen LogP contribution in [0.2, 0.25) is 5.02 Å². The van der Waals surface area contributed by atoms with E-state index in [9.17, 15) is 0 Å². The summed E-state index contributed by atoms with van der Waals surface area (Å²) in [5, 5.41) is 0.673. The molecule has 0 bridgehead atoms. The van der Waals surface area contributed by atoms with Crippen LogP contribution in [-0.2, 0) is 0 Å². The zero-order valence-corrected chi connectivity index (χ0v) is 9.03. The van der Waals surface area contributed by atoms with E-state index in [2.05, 4.69) is 11.1 Å². The van der Waals surface area contributed by atoms with Crippen LogP contribution < -0.4 is 0 Å². The van der Waals surface area contributed by atoms with Gasteiger partial charge in [0.25, 0.3) is 0 Å². The monoisotopic (exact) mass is 228 g/mol. The number of halogens is 1. The van der Waals surface area contributed by atoms with Crippen LogP contribution >= 0.6 is 11.6 Å². The molecule has 0 aliphatic rings. The minimum absolute atomic E-state index is 0.581. The van der Waals surface area contributed by atoms with Crippen molar-refractivity contribution < 1.29 is 4.42 Å². The van der Waals surface area contributed by atoms with Crippen LogP contribution in [0.15, 0.2) is 46.9 Å². The standard InChI is InChI=1S/C13H7ClNO/c14-10-5-3-4-9(8-10)13-15-11-6-1-2-7-12(11)16-13/h1,3-8H. The highest BCUT2D eigenvalue weighted by Crippen LogP contribution is 2.25. The van der Waals surface area contributed by atoms with Crippen molar-refractivity contribution in [1.29, 1.82) is 0 Å². The zero-order valence-electron chi connectivity index (χ0n) is 8.27. The molecule has 2 nitrogen and oxygen atoms in total. The summed E-state index contributed by atoms with van der Waals surface area (Å²) in [6, 6.07) is 15.8. The first-order valence-corrected chi connectivity index (χ1v) is 5.23. The van der Waals surface area contributed by atoms with Crippen molar-refractivity contribution in [2.75, 3.05) is 0 Å². The van der Waals surface area contributed by atoms with E-state index in [1.165, 1.54) is 0 Å². The Morgan fingerprint density at radius 2 is 2.19 bits per heavy atom. The molecule has 0 N–H and O–H groups in total. The molecule has 0 saturated heterocycles. The van der Waals surface area contributed by atoms with Gasteiger partial charge < -0.3 is 4.42 Å². The van der Waals surface area contributed by atoms with E-state index >= 15 is 0 Å².